The number of para-hydroxylation sites is 1. The molecule has 1 fully saturated rings. The fraction of sp³-hybridized carbons (Fsp3) is 0.478. The maximum Gasteiger partial charge on any atom is 0.379 e. The van der Waals surface area contributed by atoms with E-state index in [0.717, 1.165) is 94.4 Å². The molecule has 0 saturated carbocycles. The van der Waals surface area contributed by atoms with Gasteiger partial charge in [0.15, 0.2) is 11.9 Å². The highest BCUT2D eigenvalue weighted by molar-refractivity contribution is 7.54. The van der Waals surface area contributed by atoms with Crippen molar-refractivity contribution in [3.05, 3.63) is 136 Å². The van der Waals surface area contributed by atoms with Crippen molar-refractivity contribution in [1.29, 1.82) is 0 Å². The zero-order valence-corrected chi connectivity index (χ0v) is 35.8. The van der Waals surface area contributed by atoms with Crippen LogP contribution in [0.15, 0.2) is 125 Å². The second kappa shape index (κ2) is 30.3. The van der Waals surface area contributed by atoms with Gasteiger partial charge in [-0.1, -0.05) is 117 Å². The first-order valence-corrected chi connectivity index (χ1v) is 22.4. The lowest BCUT2D eigenvalue weighted by atomic mass is 9.98. The molecule has 1 aliphatic rings. The predicted octanol–water partition coefficient (Wildman–Crippen LogP) is 9.62. The number of aromatic nitrogens is 2. The van der Waals surface area contributed by atoms with Gasteiger partial charge in [0, 0.05) is 25.1 Å². The molecule has 12 nitrogen and oxygen atoms in total. The lowest BCUT2D eigenvalue weighted by molar-refractivity contribution is -0.191. The van der Waals surface area contributed by atoms with E-state index in [1.54, 1.807) is 30.3 Å². The summed E-state index contributed by atoms with van der Waals surface area (Å²) in [5.74, 6) is 0.585. The van der Waals surface area contributed by atoms with Gasteiger partial charge >= 0.3 is 19.4 Å². The monoisotopic (exact) mass is 852 g/mol. The van der Waals surface area contributed by atoms with Crippen molar-refractivity contribution in [3.8, 4) is 5.75 Å². The number of unbranched alkanes of at least 4 members (excludes halogenated alkanes) is 4. The maximum absolute atomic E-state index is 15.7. The molecule has 1 unspecified atom stereocenters. The zero-order valence-electron chi connectivity index (χ0n) is 34.9. The third-order valence-electron chi connectivity index (χ3n) is 9.32. The third-order valence-corrected chi connectivity index (χ3v) is 11.2. The number of ketones is 1. The normalized spacial score (nSPS) is 20.4. The van der Waals surface area contributed by atoms with E-state index in [-0.39, 0.29) is 18.1 Å². The molecule has 1 aromatic heterocycles. The van der Waals surface area contributed by atoms with E-state index >= 15 is 4.39 Å². The standard InChI is InChI=1S/C45H62FN2O8P.CO2/c1-3-4-5-6-7-8-9-10-11-12-13-14-15-16-17-18-19-21-25-30-38(49)31-26-22-20-23-29-36-57(53,56-39-32-27-24-28-33-39)54-37-40-42(51)45(2,46)43(55-40)48-35-34-41(50)47-44(48)52;2-1-3/h4-5,7-8,10-11,13-14,16-17,19,21,24,27-28,32-35,40,42-43,51H,3,6,9,12,15,18,20,22-23,25-26,29-31,36-37H2,1-2H3,(H,47,50,52);/b5-4-,8-7-,11-10-,14-13-,17-16-,21-19-;/t40-,42-,43-,45-,57?;/m1./s1. The SMILES string of the molecule is CC/C=C\C/C=C\C/C=C\C/C=C\C/C=C\C/C=C\CCC(=O)CCCCCCCP(=O)(OC[C@H]1O[C@@H](n2ccc(=O)[nH]c2=O)[C@](C)(F)[C@@H]1O)Oc1ccccc1.O=C=O. The van der Waals surface area contributed by atoms with Crippen molar-refractivity contribution in [2.24, 2.45) is 0 Å². The number of H-pyrrole nitrogens is 1. The van der Waals surface area contributed by atoms with E-state index in [4.69, 9.17) is 23.4 Å². The van der Waals surface area contributed by atoms with Gasteiger partial charge in [-0.25, -0.2) is 13.8 Å². The summed E-state index contributed by atoms with van der Waals surface area (Å²) in [6, 6.07) is 9.59. The average Bonchev–Trinajstić information content (AvgIpc) is 3.44. The van der Waals surface area contributed by atoms with E-state index in [1.165, 1.54) is 0 Å². The van der Waals surface area contributed by atoms with E-state index in [1.807, 2.05) is 4.98 Å². The molecule has 0 radical (unpaired) electrons. The smallest absolute Gasteiger partial charge is 0.379 e. The number of halogens is 1. The molecule has 14 heteroatoms. The number of hydrogen-bond donors (Lipinski definition) is 2. The number of nitrogens with zero attached hydrogens (tertiary/aromatic N) is 1. The molecule has 5 atom stereocenters. The van der Waals surface area contributed by atoms with Gasteiger partial charge in [0.1, 0.15) is 23.7 Å². The van der Waals surface area contributed by atoms with Crippen LogP contribution in [0.1, 0.15) is 110 Å². The summed E-state index contributed by atoms with van der Waals surface area (Å²) in [4.78, 5) is 54.5. The topological polar surface area (TPSA) is 171 Å². The van der Waals surface area contributed by atoms with Gasteiger partial charge in [-0.3, -0.25) is 23.7 Å². The largest absolute Gasteiger partial charge is 0.424 e. The van der Waals surface area contributed by atoms with Crippen molar-refractivity contribution in [2.75, 3.05) is 12.8 Å². The van der Waals surface area contributed by atoms with Crippen LogP contribution in [0.4, 0.5) is 4.39 Å². The van der Waals surface area contributed by atoms with E-state index in [2.05, 4.69) is 79.8 Å². The summed E-state index contributed by atoms with van der Waals surface area (Å²) in [5, 5.41) is 10.7. The predicted molar refractivity (Wildman–Crippen MR) is 231 cm³/mol. The average molecular weight is 853 g/mol. The Morgan fingerprint density at radius 2 is 1.38 bits per heavy atom. The van der Waals surface area contributed by atoms with Gasteiger partial charge in [0.25, 0.3) is 5.56 Å². The van der Waals surface area contributed by atoms with Gasteiger partial charge in [-0.05, 0) is 76.8 Å². The Bertz CT molecular complexity index is 1910. The first-order valence-electron chi connectivity index (χ1n) is 20.7. The highest BCUT2D eigenvalue weighted by Crippen LogP contribution is 2.50. The van der Waals surface area contributed by atoms with Crippen molar-refractivity contribution < 1.29 is 42.2 Å². The molecule has 0 bridgehead atoms. The number of carbonyl (C=O) groups is 1. The Balaban J connectivity index is 0.00000401. The third kappa shape index (κ3) is 21.0. The van der Waals surface area contributed by atoms with E-state index < -0.39 is 49.6 Å². The number of aromatic amines is 1. The zero-order chi connectivity index (χ0) is 43.9. The minimum absolute atomic E-state index is 0.0747. The fourth-order valence-corrected chi connectivity index (χ4v) is 7.80. The Morgan fingerprint density at radius 3 is 1.95 bits per heavy atom. The second-order valence-electron chi connectivity index (χ2n) is 14.3. The molecule has 60 heavy (non-hydrogen) atoms. The second-order valence-corrected chi connectivity index (χ2v) is 16.4. The first kappa shape index (κ1) is 51.4. The van der Waals surface area contributed by atoms with Crippen LogP contribution in [0, 0.1) is 0 Å². The number of benzene rings is 1. The van der Waals surface area contributed by atoms with Crippen LogP contribution in [0.25, 0.3) is 0 Å². The molecular formula is C46H62FN2O10P. The van der Waals surface area contributed by atoms with Gasteiger partial charge in [0.05, 0.1) is 12.8 Å². The molecule has 3 rings (SSSR count). The minimum atomic E-state index is -3.78. The number of ether oxygens (including phenoxy) is 1. The Morgan fingerprint density at radius 1 is 0.850 bits per heavy atom. The van der Waals surface area contributed by atoms with Crippen molar-refractivity contribution >= 4 is 19.5 Å². The number of aliphatic hydroxyl groups is 1. The number of nitrogens with one attached hydrogen (secondary N) is 1. The first-order chi connectivity index (χ1) is 29.0. The lowest BCUT2D eigenvalue weighted by Crippen LogP contribution is -2.43. The van der Waals surface area contributed by atoms with Crippen molar-refractivity contribution in [3.63, 3.8) is 0 Å². The molecule has 1 saturated heterocycles. The lowest BCUT2D eigenvalue weighted by Gasteiger charge is -2.24. The summed E-state index contributed by atoms with van der Waals surface area (Å²) in [5.41, 5.74) is -3.97. The molecular weight excluding hydrogens is 790 g/mol. The van der Waals surface area contributed by atoms with Crippen LogP contribution in [0.5, 0.6) is 5.75 Å². The molecule has 328 valence electrons. The van der Waals surface area contributed by atoms with Crippen LogP contribution in [0.2, 0.25) is 0 Å². The number of carbonyl (C=O) groups excluding carboxylic acids is 3. The Hall–Kier alpha value is -4.77. The number of rotatable bonds is 28. The summed E-state index contributed by atoms with van der Waals surface area (Å²) < 4.78 is 47.7. The summed E-state index contributed by atoms with van der Waals surface area (Å²) in [6.07, 6.45) is 34.1. The van der Waals surface area contributed by atoms with Crippen molar-refractivity contribution in [1.82, 2.24) is 9.55 Å². The maximum atomic E-state index is 15.7. The number of Topliss-reactive ketones (excluding diaryl/α,β-unsaturated/α-hetero) is 1. The number of allylic oxidation sites excluding steroid dienone is 12. The number of hydrogen-bond acceptors (Lipinski definition) is 10. The Labute approximate surface area is 353 Å². The molecule has 0 amide bonds. The van der Waals surface area contributed by atoms with Crippen LogP contribution in [0.3, 0.4) is 0 Å². The minimum Gasteiger partial charge on any atom is -0.424 e. The highest BCUT2D eigenvalue weighted by Gasteiger charge is 2.55. The van der Waals surface area contributed by atoms with Crippen molar-refractivity contribution in [2.45, 2.75) is 128 Å². The molecule has 1 aliphatic heterocycles. The van der Waals surface area contributed by atoms with Crippen LogP contribution in [-0.4, -0.2) is 57.2 Å². The quantitative estimate of drug-likeness (QED) is 0.0477. The summed E-state index contributed by atoms with van der Waals surface area (Å²) in [7, 11) is -3.78. The number of alkyl halides is 1. The molecule has 2 heterocycles. The molecule has 2 aromatic rings. The van der Waals surface area contributed by atoms with Crippen LogP contribution in [-0.2, 0) is 28.2 Å². The highest BCUT2D eigenvalue weighted by atomic mass is 31.2. The van der Waals surface area contributed by atoms with Gasteiger partial charge in [-0.2, -0.15) is 9.59 Å². The van der Waals surface area contributed by atoms with Crippen LogP contribution < -0.4 is 15.8 Å². The molecule has 1 aromatic carbocycles. The molecule has 0 spiro atoms. The number of aliphatic hydroxyl groups excluding tert-OH is 1. The van der Waals surface area contributed by atoms with Gasteiger partial charge < -0.3 is 14.4 Å². The molecule has 2 N–H and O–H groups in total. The Kier molecular flexibility index (Phi) is 25.9. The van der Waals surface area contributed by atoms with Crippen LogP contribution >= 0.6 is 7.60 Å². The van der Waals surface area contributed by atoms with Gasteiger partial charge in [-0.15, -0.1) is 0 Å². The van der Waals surface area contributed by atoms with Gasteiger partial charge in [0.2, 0.25) is 0 Å². The summed E-state index contributed by atoms with van der Waals surface area (Å²) >= 11 is 0. The summed E-state index contributed by atoms with van der Waals surface area (Å²) in [6.45, 7) is 2.77. The van der Waals surface area contributed by atoms with E-state index in [0.29, 0.717) is 25.0 Å². The fourth-order valence-electron chi connectivity index (χ4n) is 6.09. The van der Waals surface area contributed by atoms with E-state index in [9.17, 15) is 24.1 Å². The molecule has 0 aliphatic carbocycles.